The molecule has 1 heterocycles. The Balaban J connectivity index is 1.72. The summed E-state index contributed by atoms with van der Waals surface area (Å²) in [5, 5.41) is 8.52. The predicted molar refractivity (Wildman–Crippen MR) is 86.9 cm³/mol. The van der Waals surface area contributed by atoms with Crippen LogP contribution < -0.4 is 16.0 Å². The molecule has 0 fully saturated rings. The minimum atomic E-state index is -0.484. The molecule has 8 heteroatoms. The minimum Gasteiger partial charge on any atom is -0.367 e. The Bertz CT molecular complexity index is 656. The standard InChI is InChI=1S/C15H17ClFN5O/c1-10(11-2-3-13(17)12(16)8-11)22-15(23)21-7-6-20-14-9-18-4-5-19-14/h2-5,8-10H,6-7H2,1H3,(H,19,20)(H2,21,22,23). The first-order valence-corrected chi connectivity index (χ1v) is 7.43. The van der Waals surface area contributed by atoms with E-state index in [2.05, 4.69) is 25.9 Å². The van der Waals surface area contributed by atoms with E-state index < -0.39 is 5.82 Å². The molecular weight excluding hydrogens is 321 g/mol. The van der Waals surface area contributed by atoms with Gasteiger partial charge in [0, 0.05) is 25.5 Å². The van der Waals surface area contributed by atoms with Crippen molar-refractivity contribution < 1.29 is 9.18 Å². The second-order valence-electron chi connectivity index (χ2n) is 4.81. The van der Waals surface area contributed by atoms with E-state index in [9.17, 15) is 9.18 Å². The van der Waals surface area contributed by atoms with Gasteiger partial charge in [-0.05, 0) is 24.6 Å². The largest absolute Gasteiger partial charge is 0.367 e. The number of nitrogens with zero attached hydrogens (tertiary/aromatic N) is 2. The molecule has 0 aliphatic heterocycles. The molecule has 1 atom stereocenters. The first-order valence-electron chi connectivity index (χ1n) is 7.05. The highest BCUT2D eigenvalue weighted by Crippen LogP contribution is 2.20. The zero-order chi connectivity index (χ0) is 16.7. The van der Waals surface area contributed by atoms with Gasteiger partial charge in [0.2, 0.25) is 0 Å². The summed E-state index contributed by atoms with van der Waals surface area (Å²) in [4.78, 5) is 19.8. The van der Waals surface area contributed by atoms with Crippen LogP contribution in [0.25, 0.3) is 0 Å². The molecule has 2 aromatic rings. The number of carbonyl (C=O) groups excluding carboxylic acids is 1. The van der Waals surface area contributed by atoms with E-state index in [4.69, 9.17) is 11.6 Å². The molecule has 1 unspecified atom stereocenters. The van der Waals surface area contributed by atoms with Crippen LogP contribution in [-0.4, -0.2) is 29.1 Å². The second kappa shape index (κ2) is 8.28. The van der Waals surface area contributed by atoms with Crippen molar-refractivity contribution >= 4 is 23.4 Å². The lowest BCUT2D eigenvalue weighted by molar-refractivity contribution is 0.238. The van der Waals surface area contributed by atoms with Crippen LogP contribution in [-0.2, 0) is 0 Å². The van der Waals surface area contributed by atoms with Gasteiger partial charge in [-0.25, -0.2) is 14.2 Å². The van der Waals surface area contributed by atoms with Crippen LogP contribution in [0.15, 0.2) is 36.8 Å². The monoisotopic (exact) mass is 337 g/mol. The van der Waals surface area contributed by atoms with Crippen LogP contribution in [0.3, 0.4) is 0 Å². The topological polar surface area (TPSA) is 78.9 Å². The number of nitrogens with one attached hydrogen (secondary N) is 3. The fraction of sp³-hybridized carbons (Fsp3) is 0.267. The highest BCUT2D eigenvalue weighted by molar-refractivity contribution is 6.30. The van der Waals surface area contributed by atoms with Gasteiger partial charge in [0.05, 0.1) is 17.3 Å². The third-order valence-electron chi connectivity index (χ3n) is 3.07. The highest BCUT2D eigenvalue weighted by Gasteiger charge is 2.11. The quantitative estimate of drug-likeness (QED) is 0.708. The minimum absolute atomic E-state index is 0.0322. The molecule has 122 valence electrons. The predicted octanol–water partition coefficient (Wildman–Crippen LogP) is 2.74. The Morgan fingerprint density at radius 3 is 2.87 bits per heavy atom. The number of carbonyl (C=O) groups is 1. The van der Waals surface area contributed by atoms with E-state index in [1.807, 2.05) is 0 Å². The summed E-state index contributed by atoms with van der Waals surface area (Å²) >= 11 is 5.73. The van der Waals surface area contributed by atoms with Gasteiger partial charge in [0.25, 0.3) is 0 Å². The number of anilines is 1. The summed E-state index contributed by atoms with van der Waals surface area (Å²) in [6.45, 7) is 2.73. The first kappa shape index (κ1) is 17.0. The molecule has 0 saturated carbocycles. The molecule has 23 heavy (non-hydrogen) atoms. The SMILES string of the molecule is CC(NC(=O)NCCNc1cnccn1)c1ccc(F)c(Cl)c1. The van der Waals surface area contributed by atoms with Gasteiger partial charge in [-0.3, -0.25) is 4.98 Å². The zero-order valence-corrected chi connectivity index (χ0v) is 13.3. The van der Waals surface area contributed by atoms with Gasteiger partial charge in [-0.1, -0.05) is 17.7 Å². The van der Waals surface area contributed by atoms with Crippen molar-refractivity contribution in [2.75, 3.05) is 18.4 Å². The lowest BCUT2D eigenvalue weighted by Crippen LogP contribution is -2.39. The molecule has 3 N–H and O–H groups in total. The van der Waals surface area contributed by atoms with Gasteiger partial charge < -0.3 is 16.0 Å². The van der Waals surface area contributed by atoms with Crippen LogP contribution in [0.1, 0.15) is 18.5 Å². The Morgan fingerprint density at radius 2 is 2.17 bits per heavy atom. The van der Waals surface area contributed by atoms with Crippen LogP contribution in [0.2, 0.25) is 5.02 Å². The molecule has 1 aromatic carbocycles. The number of hydrogen-bond acceptors (Lipinski definition) is 4. The number of aromatic nitrogens is 2. The summed E-state index contributed by atoms with van der Waals surface area (Å²) in [6.07, 6.45) is 4.76. The van der Waals surface area contributed by atoms with E-state index in [1.54, 1.807) is 31.6 Å². The second-order valence-corrected chi connectivity index (χ2v) is 5.22. The van der Waals surface area contributed by atoms with Crippen molar-refractivity contribution in [3.63, 3.8) is 0 Å². The summed E-state index contributed by atoms with van der Waals surface area (Å²) < 4.78 is 13.1. The molecule has 0 bridgehead atoms. The van der Waals surface area contributed by atoms with Gasteiger partial charge in [-0.15, -0.1) is 0 Å². The maximum absolute atomic E-state index is 13.1. The third-order valence-corrected chi connectivity index (χ3v) is 3.36. The van der Waals surface area contributed by atoms with Crippen molar-refractivity contribution in [3.8, 4) is 0 Å². The first-order chi connectivity index (χ1) is 11.1. The van der Waals surface area contributed by atoms with Crippen molar-refractivity contribution in [1.29, 1.82) is 0 Å². The Morgan fingerprint density at radius 1 is 1.35 bits per heavy atom. The molecule has 2 amide bonds. The van der Waals surface area contributed by atoms with Gasteiger partial charge in [0.1, 0.15) is 11.6 Å². The lowest BCUT2D eigenvalue weighted by Gasteiger charge is -2.15. The van der Waals surface area contributed by atoms with E-state index in [0.717, 1.165) is 5.56 Å². The number of urea groups is 1. The van der Waals surface area contributed by atoms with Crippen molar-refractivity contribution in [3.05, 3.63) is 53.2 Å². The maximum Gasteiger partial charge on any atom is 0.315 e. The number of halogens is 2. The van der Waals surface area contributed by atoms with E-state index in [1.165, 1.54) is 12.1 Å². The molecule has 0 aliphatic rings. The summed E-state index contributed by atoms with van der Waals surface area (Å²) in [6, 6.07) is 3.75. The average molecular weight is 338 g/mol. The molecule has 6 nitrogen and oxygen atoms in total. The van der Waals surface area contributed by atoms with E-state index >= 15 is 0 Å². The van der Waals surface area contributed by atoms with Crippen LogP contribution in [0, 0.1) is 5.82 Å². The van der Waals surface area contributed by atoms with Gasteiger partial charge in [0.15, 0.2) is 0 Å². The fourth-order valence-corrected chi connectivity index (χ4v) is 2.06. The number of benzene rings is 1. The Hall–Kier alpha value is -2.41. The molecule has 2 rings (SSSR count). The average Bonchev–Trinajstić information content (AvgIpc) is 2.55. The van der Waals surface area contributed by atoms with E-state index in [-0.39, 0.29) is 17.1 Å². The number of hydrogen-bond donors (Lipinski definition) is 3. The van der Waals surface area contributed by atoms with Gasteiger partial charge >= 0.3 is 6.03 Å². The molecule has 1 aromatic heterocycles. The van der Waals surface area contributed by atoms with Crippen LogP contribution >= 0.6 is 11.6 Å². The summed E-state index contributed by atoms with van der Waals surface area (Å²) in [5.74, 6) is 0.159. The molecular formula is C15H17ClFN5O. The zero-order valence-electron chi connectivity index (χ0n) is 12.5. The normalized spacial score (nSPS) is 11.6. The van der Waals surface area contributed by atoms with Crippen molar-refractivity contribution in [2.24, 2.45) is 0 Å². The van der Waals surface area contributed by atoms with E-state index in [0.29, 0.717) is 18.9 Å². The number of rotatable bonds is 6. The van der Waals surface area contributed by atoms with Crippen molar-refractivity contribution in [1.82, 2.24) is 20.6 Å². The number of amides is 2. The Kier molecular flexibility index (Phi) is 6.10. The fourth-order valence-electron chi connectivity index (χ4n) is 1.87. The van der Waals surface area contributed by atoms with Crippen molar-refractivity contribution in [2.45, 2.75) is 13.0 Å². The summed E-state index contributed by atoms with van der Waals surface area (Å²) in [7, 11) is 0. The van der Waals surface area contributed by atoms with Crippen LogP contribution in [0.5, 0.6) is 0 Å². The Labute approximate surface area is 138 Å². The highest BCUT2D eigenvalue weighted by atomic mass is 35.5. The molecule has 0 spiro atoms. The van der Waals surface area contributed by atoms with Crippen LogP contribution in [0.4, 0.5) is 15.0 Å². The van der Waals surface area contributed by atoms with Gasteiger partial charge in [-0.2, -0.15) is 0 Å². The smallest absolute Gasteiger partial charge is 0.315 e. The maximum atomic E-state index is 13.1. The molecule has 0 radical (unpaired) electrons. The lowest BCUT2D eigenvalue weighted by atomic mass is 10.1. The third kappa shape index (κ3) is 5.37. The molecule has 0 saturated heterocycles. The summed E-state index contributed by atoms with van der Waals surface area (Å²) in [5.41, 5.74) is 0.726. The molecule has 0 aliphatic carbocycles.